The van der Waals surface area contributed by atoms with Gasteiger partial charge in [-0.3, -0.25) is 0 Å². The minimum atomic E-state index is 0.529. The summed E-state index contributed by atoms with van der Waals surface area (Å²) >= 11 is 5.19. The first-order chi connectivity index (χ1) is 10.1. The largest absolute Gasteiger partial charge is 0.383 e. The number of benzene rings is 1. The smallest absolute Gasteiger partial charge is 0.172 e. The highest BCUT2D eigenvalue weighted by Gasteiger charge is 2.14. The molecule has 3 aromatic rings. The topological polar surface area (TPSA) is 51.8 Å². The third-order valence-electron chi connectivity index (χ3n) is 3.31. The average Bonchev–Trinajstić information content (AvgIpc) is 2.82. The first kappa shape index (κ1) is 14.2. The van der Waals surface area contributed by atoms with Crippen molar-refractivity contribution in [3.63, 3.8) is 0 Å². The van der Waals surface area contributed by atoms with Gasteiger partial charge in [-0.1, -0.05) is 30.3 Å². The lowest BCUT2D eigenvalue weighted by atomic mass is 10.1. The van der Waals surface area contributed by atoms with Crippen molar-refractivity contribution in [2.75, 3.05) is 5.73 Å². The van der Waals surface area contributed by atoms with Crippen molar-refractivity contribution in [1.82, 2.24) is 9.97 Å². The molecule has 0 spiro atoms. The summed E-state index contributed by atoms with van der Waals surface area (Å²) in [4.78, 5) is 11.4. The van der Waals surface area contributed by atoms with Crippen molar-refractivity contribution >= 4 is 33.1 Å². The Hall–Kier alpha value is -1.72. The van der Waals surface area contributed by atoms with Gasteiger partial charge in [-0.15, -0.1) is 11.3 Å². The van der Waals surface area contributed by atoms with Crippen LogP contribution in [-0.2, 0) is 0 Å². The molecule has 21 heavy (non-hydrogen) atoms. The van der Waals surface area contributed by atoms with Gasteiger partial charge in [-0.2, -0.15) is 0 Å². The molecule has 0 unspecified atom stereocenters. The van der Waals surface area contributed by atoms with Gasteiger partial charge in [0, 0.05) is 20.5 Å². The van der Waals surface area contributed by atoms with Crippen LogP contribution in [0.25, 0.3) is 22.0 Å². The van der Waals surface area contributed by atoms with Gasteiger partial charge in [-0.05, 0) is 35.8 Å². The minimum absolute atomic E-state index is 0.529. The van der Waals surface area contributed by atoms with Crippen molar-refractivity contribution in [2.45, 2.75) is 13.8 Å². The molecule has 3 nitrogen and oxygen atoms in total. The number of hydrogen-bond donors (Lipinski definition) is 1. The van der Waals surface area contributed by atoms with Crippen LogP contribution in [0.2, 0.25) is 0 Å². The summed E-state index contributed by atoms with van der Waals surface area (Å²) in [5.74, 6) is 1.21. The summed E-state index contributed by atoms with van der Waals surface area (Å²) < 4.78 is 1.08. The second kappa shape index (κ2) is 5.58. The first-order valence-electron chi connectivity index (χ1n) is 6.52. The van der Waals surface area contributed by atoms with E-state index in [1.54, 1.807) is 11.3 Å². The summed E-state index contributed by atoms with van der Waals surface area (Å²) in [6.07, 6.45) is 0. The number of rotatable bonds is 2. The predicted molar refractivity (Wildman–Crippen MR) is 92.4 cm³/mol. The minimum Gasteiger partial charge on any atom is -0.383 e. The molecule has 5 heteroatoms. The van der Waals surface area contributed by atoms with Gasteiger partial charge in [-0.25, -0.2) is 9.97 Å². The summed E-state index contributed by atoms with van der Waals surface area (Å²) in [5, 5.41) is 0. The zero-order valence-electron chi connectivity index (χ0n) is 11.7. The number of aryl methyl sites for hydroxylation is 1. The summed E-state index contributed by atoms with van der Waals surface area (Å²) in [7, 11) is 0. The molecular weight excluding hydrogens is 346 g/mol. The van der Waals surface area contributed by atoms with E-state index in [0.717, 1.165) is 26.2 Å². The zero-order valence-corrected chi connectivity index (χ0v) is 14.1. The summed E-state index contributed by atoms with van der Waals surface area (Å²) in [5.41, 5.74) is 8.94. The molecule has 0 atom stereocenters. The summed E-state index contributed by atoms with van der Waals surface area (Å²) in [6.45, 7) is 4.02. The number of thiophene rings is 1. The Morgan fingerprint density at radius 2 is 1.81 bits per heavy atom. The van der Waals surface area contributed by atoms with E-state index in [9.17, 15) is 0 Å². The van der Waals surface area contributed by atoms with Gasteiger partial charge in [0.05, 0.1) is 10.6 Å². The van der Waals surface area contributed by atoms with Gasteiger partial charge < -0.3 is 5.73 Å². The molecular formula is C16H14BrN3S. The molecule has 106 valence electrons. The molecule has 0 aliphatic carbocycles. The molecule has 0 radical (unpaired) electrons. The maximum atomic E-state index is 6.08. The second-order valence-electron chi connectivity index (χ2n) is 4.79. The second-order valence-corrected chi connectivity index (χ2v) is 6.90. The SMILES string of the molecule is Cc1sc(-c2nc(N)c(C)c(-c3ccccc3)n2)cc1Br. The molecule has 2 aromatic heterocycles. The van der Waals surface area contributed by atoms with Gasteiger partial charge >= 0.3 is 0 Å². The zero-order chi connectivity index (χ0) is 15.0. The molecule has 0 saturated heterocycles. The highest BCUT2D eigenvalue weighted by Crippen LogP contribution is 2.34. The van der Waals surface area contributed by atoms with Crippen molar-refractivity contribution < 1.29 is 0 Å². The number of anilines is 1. The highest BCUT2D eigenvalue weighted by atomic mass is 79.9. The van der Waals surface area contributed by atoms with Gasteiger partial charge in [0.15, 0.2) is 5.82 Å². The Kier molecular flexibility index (Phi) is 3.78. The Morgan fingerprint density at radius 3 is 2.43 bits per heavy atom. The summed E-state index contributed by atoms with van der Waals surface area (Å²) in [6, 6.07) is 12.1. The molecule has 3 rings (SSSR count). The number of nitrogen functional groups attached to an aromatic ring is 1. The van der Waals surface area contributed by atoms with E-state index < -0.39 is 0 Å². The average molecular weight is 360 g/mol. The van der Waals surface area contributed by atoms with Crippen LogP contribution in [0.3, 0.4) is 0 Å². The molecule has 2 N–H and O–H groups in total. The molecule has 2 heterocycles. The first-order valence-corrected chi connectivity index (χ1v) is 8.13. The third-order valence-corrected chi connectivity index (χ3v) is 5.44. The van der Waals surface area contributed by atoms with Crippen molar-refractivity contribution in [2.24, 2.45) is 0 Å². The molecule has 0 bridgehead atoms. The van der Waals surface area contributed by atoms with Crippen molar-refractivity contribution in [1.29, 1.82) is 0 Å². The van der Waals surface area contributed by atoms with Crippen LogP contribution in [0.1, 0.15) is 10.4 Å². The Morgan fingerprint density at radius 1 is 1.10 bits per heavy atom. The van der Waals surface area contributed by atoms with E-state index >= 15 is 0 Å². The van der Waals surface area contributed by atoms with Crippen LogP contribution in [0.4, 0.5) is 5.82 Å². The molecule has 0 fully saturated rings. The molecule has 0 aliphatic rings. The van der Waals surface area contributed by atoms with Gasteiger partial charge in [0.25, 0.3) is 0 Å². The van der Waals surface area contributed by atoms with E-state index in [2.05, 4.69) is 27.8 Å². The molecule has 0 aliphatic heterocycles. The van der Waals surface area contributed by atoms with E-state index in [1.165, 1.54) is 4.88 Å². The molecule has 1 aromatic carbocycles. The maximum absolute atomic E-state index is 6.08. The van der Waals surface area contributed by atoms with Gasteiger partial charge in [0.2, 0.25) is 0 Å². The van der Waals surface area contributed by atoms with Crippen LogP contribution >= 0.6 is 27.3 Å². The lowest BCUT2D eigenvalue weighted by Crippen LogP contribution is -2.01. The van der Waals surface area contributed by atoms with E-state index in [4.69, 9.17) is 10.7 Å². The fraction of sp³-hybridized carbons (Fsp3) is 0.125. The van der Waals surface area contributed by atoms with Crippen molar-refractivity contribution in [3.05, 3.63) is 51.3 Å². The lowest BCUT2D eigenvalue weighted by Gasteiger charge is -2.09. The van der Waals surface area contributed by atoms with Crippen LogP contribution in [-0.4, -0.2) is 9.97 Å². The standard InChI is InChI=1S/C16H14BrN3S/c1-9-14(11-6-4-3-5-7-11)19-16(20-15(9)18)13-8-12(17)10(2)21-13/h3-8H,1-2H3,(H2,18,19,20). The lowest BCUT2D eigenvalue weighted by molar-refractivity contribution is 1.16. The Bertz CT molecular complexity index is 777. The van der Waals surface area contributed by atoms with Crippen LogP contribution in [0.15, 0.2) is 40.9 Å². The number of aromatic nitrogens is 2. The van der Waals surface area contributed by atoms with E-state index in [0.29, 0.717) is 11.6 Å². The number of nitrogens with two attached hydrogens (primary N) is 1. The molecule has 0 saturated carbocycles. The van der Waals surface area contributed by atoms with E-state index in [1.807, 2.05) is 43.3 Å². The van der Waals surface area contributed by atoms with E-state index in [-0.39, 0.29) is 0 Å². The maximum Gasteiger partial charge on any atom is 0.172 e. The fourth-order valence-electron chi connectivity index (χ4n) is 2.09. The number of halogens is 1. The highest BCUT2D eigenvalue weighted by molar-refractivity contribution is 9.10. The monoisotopic (exact) mass is 359 g/mol. The predicted octanol–water partition coefficient (Wildman–Crippen LogP) is 4.83. The Labute approximate surface area is 136 Å². The number of hydrogen-bond acceptors (Lipinski definition) is 4. The molecule has 0 amide bonds. The van der Waals surface area contributed by atoms with Crippen LogP contribution < -0.4 is 5.73 Å². The van der Waals surface area contributed by atoms with Gasteiger partial charge in [0.1, 0.15) is 5.82 Å². The Balaban J connectivity index is 2.18. The third kappa shape index (κ3) is 2.71. The number of nitrogens with zero attached hydrogens (tertiary/aromatic N) is 2. The quantitative estimate of drug-likeness (QED) is 0.712. The van der Waals surface area contributed by atoms with Crippen molar-refractivity contribution in [3.8, 4) is 22.0 Å². The van der Waals surface area contributed by atoms with Crippen LogP contribution in [0, 0.1) is 13.8 Å². The fourth-order valence-corrected chi connectivity index (χ4v) is 3.56. The normalized spacial score (nSPS) is 10.8. The van der Waals surface area contributed by atoms with Crippen LogP contribution in [0.5, 0.6) is 0 Å².